The molecular weight excluding hydrogens is 404 g/mol. The van der Waals surface area contributed by atoms with E-state index in [2.05, 4.69) is 10.3 Å². The Kier molecular flexibility index (Phi) is 5.41. The first-order chi connectivity index (χ1) is 14.5. The highest BCUT2D eigenvalue weighted by Crippen LogP contribution is 2.32. The van der Waals surface area contributed by atoms with Gasteiger partial charge in [0.05, 0.1) is 17.6 Å². The first kappa shape index (κ1) is 19.5. The molecule has 0 saturated heterocycles. The molecule has 0 aliphatic heterocycles. The SMILES string of the molecule is Cc1ccc(Oc2ccc(Cl)cc2NC(=O)c2ccc(-c3ccco3)[nH]c2=O)cc1. The monoisotopic (exact) mass is 420 g/mol. The Bertz CT molecular complexity index is 1250. The predicted octanol–water partition coefficient (Wildman–Crippen LogP) is 5.64. The molecule has 0 atom stereocenters. The largest absolute Gasteiger partial charge is 0.463 e. The second-order valence-corrected chi connectivity index (χ2v) is 7.04. The number of carbonyl (C=O) groups excluding carboxylic acids is 1. The van der Waals surface area contributed by atoms with Gasteiger partial charge in [-0.2, -0.15) is 0 Å². The number of furan rings is 1. The van der Waals surface area contributed by atoms with Crippen molar-refractivity contribution < 1.29 is 13.9 Å². The third-order valence-corrected chi connectivity index (χ3v) is 4.61. The number of anilines is 1. The molecule has 0 aliphatic carbocycles. The van der Waals surface area contributed by atoms with Gasteiger partial charge in [-0.25, -0.2) is 0 Å². The van der Waals surface area contributed by atoms with Gasteiger partial charge < -0.3 is 19.5 Å². The molecule has 6 nitrogen and oxygen atoms in total. The fourth-order valence-electron chi connectivity index (χ4n) is 2.84. The van der Waals surface area contributed by atoms with Crippen LogP contribution < -0.4 is 15.6 Å². The van der Waals surface area contributed by atoms with E-state index in [4.69, 9.17) is 20.8 Å². The van der Waals surface area contributed by atoms with Crippen molar-refractivity contribution in [2.24, 2.45) is 0 Å². The highest BCUT2D eigenvalue weighted by Gasteiger charge is 2.15. The highest BCUT2D eigenvalue weighted by molar-refractivity contribution is 6.31. The summed E-state index contributed by atoms with van der Waals surface area (Å²) in [6.45, 7) is 1.98. The van der Waals surface area contributed by atoms with Crippen LogP contribution in [0.1, 0.15) is 15.9 Å². The number of halogens is 1. The van der Waals surface area contributed by atoms with Gasteiger partial charge in [0.2, 0.25) is 0 Å². The van der Waals surface area contributed by atoms with Gasteiger partial charge in [-0.1, -0.05) is 29.3 Å². The molecular formula is C23H17ClN2O4. The second kappa shape index (κ2) is 8.31. The van der Waals surface area contributed by atoms with E-state index in [1.807, 2.05) is 31.2 Å². The molecule has 4 aromatic rings. The van der Waals surface area contributed by atoms with Gasteiger partial charge in [0.25, 0.3) is 11.5 Å². The first-order valence-corrected chi connectivity index (χ1v) is 9.50. The van der Waals surface area contributed by atoms with Gasteiger partial charge in [-0.15, -0.1) is 0 Å². The summed E-state index contributed by atoms with van der Waals surface area (Å²) in [6.07, 6.45) is 1.50. The van der Waals surface area contributed by atoms with E-state index in [1.54, 1.807) is 36.4 Å². The van der Waals surface area contributed by atoms with Crippen molar-refractivity contribution in [3.05, 3.63) is 99.5 Å². The lowest BCUT2D eigenvalue weighted by Crippen LogP contribution is -2.23. The molecule has 1 amide bonds. The summed E-state index contributed by atoms with van der Waals surface area (Å²) in [5, 5.41) is 3.12. The summed E-state index contributed by atoms with van der Waals surface area (Å²) in [4.78, 5) is 27.8. The lowest BCUT2D eigenvalue weighted by atomic mass is 10.2. The van der Waals surface area contributed by atoms with E-state index in [0.717, 1.165) is 5.56 Å². The number of hydrogen-bond donors (Lipinski definition) is 2. The Morgan fingerprint density at radius 3 is 2.57 bits per heavy atom. The van der Waals surface area contributed by atoms with Gasteiger partial charge in [-0.05, 0) is 61.5 Å². The van der Waals surface area contributed by atoms with Gasteiger partial charge in [0, 0.05) is 5.02 Å². The molecule has 2 aromatic carbocycles. The number of ether oxygens (including phenoxy) is 1. The second-order valence-electron chi connectivity index (χ2n) is 6.60. The molecule has 7 heteroatoms. The third kappa shape index (κ3) is 4.29. The van der Waals surface area contributed by atoms with Crippen molar-refractivity contribution in [2.75, 3.05) is 5.32 Å². The van der Waals surface area contributed by atoms with Crippen LogP contribution in [0, 0.1) is 6.92 Å². The number of aromatic amines is 1. The number of hydrogen-bond acceptors (Lipinski definition) is 4. The van der Waals surface area contributed by atoms with Crippen LogP contribution in [0.5, 0.6) is 11.5 Å². The van der Waals surface area contributed by atoms with Crippen molar-refractivity contribution in [3.8, 4) is 23.0 Å². The van der Waals surface area contributed by atoms with Crippen LogP contribution in [-0.2, 0) is 0 Å². The molecule has 4 rings (SSSR count). The van der Waals surface area contributed by atoms with Crippen molar-refractivity contribution in [1.82, 2.24) is 4.98 Å². The average Bonchev–Trinajstić information content (AvgIpc) is 3.26. The summed E-state index contributed by atoms with van der Waals surface area (Å²) >= 11 is 6.09. The van der Waals surface area contributed by atoms with Crippen molar-refractivity contribution in [1.29, 1.82) is 0 Å². The van der Waals surface area contributed by atoms with Crippen LogP contribution in [0.3, 0.4) is 0 Å². The Morgan fingerprint density at radius 1 is 1.07 bits per heavy atom. The number of aromatic nitrogens is 1. The number of H-pyrrole nitrogens is 1. The number of carbonyl (C=O) groups is 1. The third-order valence-electron chi connectivity index (χ3n) is 4.38. The fraction of sp³-hybridized carbons (Fsp3) is 0.0435. The standard InChI is InChI=1S/C23H17ClN2O4/c1-14-4-7-16(8-5-14)30-21-11-6-15(24)13-19(21)26-23(28)17-9-10-18(25-22(17)27)20-3-2-12-29-20/h2-13H,1H3,(H,25,27)(H,26,28). The highest BCUT2D eigenvalue weighted by atomic mass is 35.5. The maximum absolute atomic E-state index is 12.7. The Balaban J connectivity index is 1.59. The van der Waals surface area contributed by atoms with Crippen LogP contribution in [0.2, 0.25) is 5.02 Å². The molecule has 0 saturated carbocycles. The Hall–Kier alpha value is -3.77. The zero-order chi connectivity index (χ0) is 21.1. The molecule has 0 aliphatic rings. The molecule has 150 valence electrons. The van der Waals surface area contributed by atoms with E-state index in [9.17, 15) is 9.59 Å². The Morgan fingerprint density at radius 2 is 1.87 bits per heavy atom. The predicted molar refractivity (Wildman–Crippen MR) is 115 cm³/mol. The summed E-state index contributed by atoms with van der Waals surface area (Å²) in [6, 6.07) is 18.8. The van der Waals surface area contributed by atoms with Crippen molar-refractivity contribution in [2.45, 2.75) is 6.92 Å². The normalized spacial score (nSPS) is 10.6. The summed E-state index contributed by atoms with van der Waals surface area (Å²) < 4.78 is 11.1. The maximum Gasteiger partial charge on any atom is 0.261 e. The van der Waals surface area contributed by atoms with E-state index >= 15 is 0 Å². The minimum Gasteiger partial charge on any atom is -0.463 e. The summed E-state index contributed by atoms with van der Waals surface area (Å²) in [5.74, 6) is 0.931. The lowest BCUT2D eigenvalue weighted by Gasteiger charge is -2.13. The fourth-order valence-corrected chi connectivity index (χ4v) is 3.01. The molecule has 30 heavy (non-hydrogen) atoms. The van der Waals surface area contributed by atoms with Crippen molar-refractivity contribution in [3.63, 3.8) is 0 Å². The van der Waals surface area contributed by atoms with Gasteiger partial charge in [0.1, 0.15) is 17.1 Å². The number of nitrogens with one attached hydrogen (secondary N) is 2. The molecule has 0 bridgehead atoms. The van der Waals surface area contributed by atoms with Crippen LogP contribution >= 0.6 is 11.6 Å². The number of rotatable bonds is 5. The minimum absolute atomic E-state index is 0.0495. The van der Waals surface area contributed by atoms with E-state index < -0.39 is 11.5 Å². The minimum atomic E-state index is -0.585. The Labute approximate surface area is 177 Å². The molecule has 2 heterocycles. The smallest absolute Gasteiger partial charge is 0.261 e. The molecule has 0 fully saturated rings. The number of pyridine rings is 1. The number of amides is 1. The lowest BCUT2D eigenvalue weighted by molar-refractivity contribution is 0.102. The van der Waals surface area contributed by atoms with E-state index in [-0.39, 0.29) is 5.56 Å². The molecule has 0 spiro atoms. The molecule has 0 unspecified atom stereocenters. The quantitative estimate of drug-likeness (QED) is 0.437. The van der Waals surface area contributed by atoms with Gasteiger partial charge in [-0.3, -0.25) is 9.59 Å². The van der Waals surface area contributed by atoms with Crippen LogP contribution in [0.4, 0.5) is 5.69 Å². The van der Waals surface area contributed by atoms with E-state index in [1.165, 1.54) is 12.3 Å². The van der Waals surface area contributed by atoms with Crippen LogP contribution in [-0.4, -0.2) is 10.9 Å². The van der Waals surface area contributed by atoms with Crippen molar-refractivity contribution >= 4 is 23.2 Å². The molecule has 2 N–H and O–H groups in total. The molecule has 0 radical (unpaired) electrons. The summed E-state index contributed by atoms with van der Waals surface area (Å²) in [5.41, 5.74) is 1.34. The van der Waals surface area contributed by atoms with E-state index in [0.29, 0.717) is 33.7 Å². The van der Waals surface area contributed by atoms with Crippen LogP contribution in [0.25, 0.3) is 11.5 Å². The molecule has 2 aromatic heterocycles. The van der Waals surface area contributed by atoms with Crippen LogP contribution in [0.15, 0.2) is 82.2 Å². The average molecular weight is 421 g/mol. The first-order valence-electron chi connectivity index (χ1n) is 9.12. The summed E-state index contributed by atoms with van der Waals surface area (Å²) in [7, 11) is 0. The van der Waals surface area contributed by atoms with Gasteiger partial charge >= 0.3 is 0 Å². The maximum atomic E-state index is 12.7. The zero-order valence-corrected chi connectivity index (χ0v) is 16.7. The van der Waals surface area contributed by atoms with Gasteiger partial charge in [0.15, 0.2) is 5.75 Å². The number of benzene rings is 2. The zero-order valence-electron chi connectivity index (χ0n) is 15.9. The topological polar surface area (TPSA) is 84.3 Å². The number of aryl methyl sites for hydroxylation is 1.